The Balaban J connectivity index is 1.48. The van der Waals surface area contributed by atoms with Gasteiger partial charge in [-0.25, -0.2) is 18.4 Å². The number of aromatic nitrogens is 2. The van der Waals surface area contributed by atoms with Crippen LogP contribution in [0.5, 0.6) is 0 Å². The zero-order valence-corrected chi connectivity index (χ0v) is 16.8. The van der Waals surface area contributed by atoms with Crippen LogP contribution in [0, 0.1) is 0 Å². The van der Waals surface area contributed by atoms with Gasteiger partial charge >= 0.3 is 5.76 Å². The lowest BCUT2D eigenvalue weighted by molar-refractivity contribution is 0.102. The number of hydrogen-bond donors (Lipinski definition) is 1. The van der Waals surface area contributed by atoms with Gasteiger partial charge in [0.2, 0.25) is 9.84 Å². The van der Waals surface area contributed by atoms with Gasteiger partial charge in [-0.3, -0.25) is 4.79 Å². The first-order valence-corrected chi connectivity index (χ1v) is 11.0. The molecule has 0 saturated heterocycles. The predicted octanol–water partition coefficient (Wildman–Crippen LogP) is 4.61. The summed E-state index contributed by atoms with van der Waals surface area (Å²) in [4.78, 5) is 20.5. The number of thiazole rings is 1. The van der Waals surface area contributed by atoms with Gasteiger partial charge in [0.05, 0.1) is 15.1 Å². The molecule has 0 atom stereocenters. The highest BCUT2D eigenvalue weighted by molar-refractivity contribution is 7.91. The summed E-state index contributed by atoms with van der Waals surface area (Å²) in [6.45, 7) is 0. The van der Waals surface area contributed by atoms with Crippen molar-refractivity contribution in [2.24, 2.45) is 0 Å². The number of rotatable bonds is 5. The lowest BCUT2D eigenvalue weighted by Crippen LogP contribution is -2.14. The molecule has 6 nitrogen and oxygen atoms in total. The zero-order chi connectivity index (χ0) is 21.3. The van der Waals surface area contributed by atoms with Crippen LogP contribution in [0.3, 0.4) is 0 Å². The molecule has 2 aromatic heterocycles. The van der Waals surface area contributed by atoms with Gasteiger partial charge in [-0.15, -0.1) is 11.3 Å². The van der Waals surface area contributed by atoms with Crippen molar-refractivity contribution in [3.8, 4) is 10.6 Å². The number of amides is 1. The van der Waals surface area contributed by atoms with E-state index in [1.807, 2.05) is 24.3 Å². The molecule has 0 bridgehead atoms. The van der Waals surface area contributed by atoms with Gasteiger partial charge in [0.1, 0.15) is 10.8 Å². The number of carbonyl (C=O) groups is 1. The van der Waals surface area contributed by atoms with Crippen molar-refractivity contribution in [3.63, 3.8) is 0 Å². The number of nitrogens with one attached hydrogen (secondary N) is 1. The topological polar surface area (TPSA) is 89.0 Å². The molecule has 0 spiro atoms. The van der Waals surface area contributed by atoms with Crippen molar-refractivity contribution in [3.05, 3.63) is 72.4 Å². The van der Waals surface area contributed by atoms with E-state index in [1.54, 1.807) is 18.3 Å². The lowest BCUT2D eigenvalue weighted by Gasteiger charge is -2.07. The Morgan fingerprint density at radius 2 is 1.73 bits per heavy atom. The number of fused-ring (bicyclic) bond motifs is 1. The van der Waals surface area contributed by atoms with E-state index in [1.165, 1.54) is 23.5 Å². The van der Waals surface area contributed by atoms with Crippen molar-refractivity contribution in [2.45, 2.75) is 10.7 Å². The normalized spacial score (nSPS) is 11.7. The number of pyridine rings is 1. The van der Waals surface area contributed by atoms with Gasteiger partial charge in [0, 0.05) is 17.3 Å². The maximum Gasteiger partial charge on any atom is 0.341 e. The Morgan fingerprint density at radius 1 is 1.00 bits per heavy atom. The molecule has 1 amide bonds. The fourth-order valence-electron chi connectivity index (χ4n) is 2.68. The van der Waals surface area contributed by atoms with Gasteiger partial charge in [-0.05, 0) is 48.5 Å². The van der Waals surface area contributed by atoms with Crippen LogP contribution in [-0.4, -0.2) is 30.1 Å². The van der Waals surface area contributed by atoms with Crippen molar-refractivity contribution >= 4 is 43.1 Å². The number of nitrogens with zero attached hydrogens (tertiary/aromatic N) is 2. The van der Waals surface area contributed by atoms with Gasteiger partial charge < -0.3 is 5.32 Å². The van der Waals surface area contributed by atoms with Gasteiger partial charge in [0.25, 0.3) is 5.91 Å². The van der Waals surface area contributed by atoms with E-state index < -0.39 is 26.4 Å². The molecule has 0 fully saturated rings. The highest BCUT2D eigenvalue weighted by Crippen LogP contribution is 2.30. The van der Waals surface area contributed by atoms with E-state index in [2.05, 4.69) is 15.3 Å². The Labute approximate surface area is 174 Å². The van der Waals surface area contributed by atoms with Crippen LogP contribution < -0.4 is 5.32 Å². The van der Waals surface area contributed by atoms with E-state index in [-0.39, 0.29) is 11.4 Å². The Morgan fingerprint density at radius 3 is 2.37 bits per heavy atom. The third kappa shape index (κ3) is 3.91. The minimum atomic E-state index is -4.70. The minimum Gasteiger partial charge on any atom is -0.307 e. The van der Waals surface area contributed by atoms with Crippen LogP contribution in [0.15, 0.2) is 71.8 Å². The fraction of sp³-hybridized carbons (Fsp3) is 0.0500. The van der Waals surface area contributed by atoms with Crippen LogP contribution in [0.1, 0.15) is 10.4 Å². The maximum absolute atomic E-state index is 12.6. The van der Waals surface area contributed by atoms with Crippen molar-refractivity contribution in [1.29, 1.82) is 0 Å². The molecule has 0 aliphatic rings. The Bertz CT molecular complexity index is 1290. The second kappa shape index (κ2) is 7.88. The summed E-state index contributed by atoms with van der Waals surface area (Å²) in [5, 5.41) is 3.38. The number of carbonyl (C=O) groups excluding carboxylic acids is 1. The number of alkyl halides is 2. The smallest absolute Gasteiger partial charge is 0.307 e. The summed E-state index contributed by atoms with van der Waals surface area (Å²) in [7, 11) is -4.70. The SMILES string of the molecule is O=C(Nc1ccc(-c2nc3ccccc3s2)cn1)c1ccc(S(=O)(=O)C(F)F)cc1. The highest BCUT2D eigenvalue weighted by atomic mass is 32.2. The predicted molar refractivity (Wildman–Crippen MR) is 110 cm³/mol. The van der Waals surface area contributed by atoms with Crippen LogP contribution in [0.25, 0.3) is 20.8 Å². The molecule has 10 heteroatoms. The molecule has 152 valence electrons. The molecule has 1 N–H and O–H groups in total. The Kier molecular flexibility index (Phi) is 5.27. The number of para-hydroxylation sites is 1. The molecule has 0 aliphatic carbocycles. The van der Waals surface area contributed by atoms with E-state index in [0.717, 1.165) is 32.9 Å². The molecule has 0 radical (unpaired) electrons. The third-order valence-corrected chi connectivity index (χ3v) is 6.71. The molecule has 2 aromatic carbocycles. The van der Waals surface area contributed by atoms with Crippen LogP contribution in [-0.2, 0) is 9.84 Å². The maximum atomic E-state index is 12.6. The van der Waals surface area contributed by atoms with Gasteiger partial charge in [-0.1, -0.05) is 12.1 Å². The summed E-state index contributed by atoms with van der Waals surface area (Å²) < 4.78 is 49.1. The summed E-state index contributed by atoms with van der Waals surface area (Å²) >= 11 is 1.53. The second-order valence-electron chi connectivity index (χ2n) is 6.20. The molecular weight excluding hydrogens is 432 g/mol. The zero-order valence-electron chi connectivity index (χ0n) is 15.1. The number of hydrogen-bond acceptors (Lipinski definition) is 6. The van der Waals surface area contributed by atoms with E-state index in [4.69, 9.17) is 0 Å². The molecule has 4 aromatic rings. The summed E-state index contributed by atoms with van der Waals surface area (Å²) in [6.07, 6.45) is 1.59. The first-order valence-electron chi connectivity index (χ1n) is 8.60. The van der Waals surface area contributed by atoms with Gasteiger partial charge in [-0.2, -0.15) is 8.78 Å². The summed E-state index contributed by atoms with van der Waals surface area (Å²) in [5.41, 5.74) is 1.81. The first kappa shape index (κ1) is 20.0. The molecular formula is C20H13F2N3O3S2. The van der Waals surface area contributed by atoms with Crippen molar-refractivity contribution in [2.75, 3.05) is 5.32 Å². The van der Waals surface area contributed by atoms with Crippen LogP contribution in [0.2, 0.25) is 0 Å². The number of sulfone groups is 1. The molecule has 0 unspecified atom stereocenters. The van der Waals surface area contributed by atoms with Crippen LogP contribution in [0.4, 0.5) is 14.6 Å². The Hall–Kier alpha value is -3.24. The molecule has 2 heterocycles. The average Bonchev–Trinajstić information content (AvgIpc) is 3.18. The lowest BCUT2D eigenvalue weighted by atomic mass is 10.2. The molecule has 0 saturated carbocycles. The van der Waals surface area contributed by atoms with E-state index in [9.17, 15) is 22.0 Å². The monoisotopic (exact) mass is 445 g/mol. The van der Waals surface area contributed by atoms with E-state index >= 15 is 0 Å². The van der Waals surface area contributed by atoms with E-state index in [0.29, 0.717) is 0 Å². The standard InChI is InChI=1S/C20H13F2N3O3S2/c21-20(22)30(27,28)14-8-5-12(6-9-14)18(26)25-17-10-7-13(11-23-17)19-24-15-3-1-2-4-16(15)29-19/h1-11,20H,(H,23,25,26). The molecule has 30 heavy (non-hydrogen) atoms. The second-order valence-corrected chi connectivity index (χ2v) is 9.15. The molecule has 4 rings (SSSR count). The van der Waals surface area contributed by atoms with Crippen molar-refractivity contribution in [1.82, 2.24) is 9.97 Å². The summed E-state index contributed by atoms with van der Waals surface area (Å²) in [6, 6.07) is 15.4. The largest absolute Gasteiger partial charge is 0.341 e. The van der Waals surface area contributed by atoms with Gasteiger partial charge in [0.15, 0.2) is 0 Å². The number of anilines is 1. The highest BCUT2D eigenvalue weighted by Gasteiger charge is 2.26. The fourth-order valence-corrected chi connectivity index (χ4v) is 4.35. The third-order valence-electron chi connectivity index (χ3n) is 4.23. The minimum absolute atomic E-state index is 0.111. The number of halogens is 2. The molecule has 0 aliphatic heterocycles. The quantitative estimate of drug-likeness (QED) is 0.485. The first-order chi connectivity index (χ1) is 14.3. The van der Waals surface area contributed by atoms with Crippen LogP contribution >= 0.6 is 11.3 Å². The number of benzene rings is 2. The summed E-state index contributed by atoms with van der Waals surface area (Å²) in [5.74, 6) is -3.78. The average molecular weight is 445 g/mol. The van der Waals surface area contributed by atoms with Crippen molar-refractivity contribution < 1.29 is 22.0 Å².